The fraction of sp³-hybridized carbons (Fsp3) is 0.474. The second kappa shape index (κ2) is 7.69. The molecule has 1 aromatic carbocycles. The van der Waals surface area contributed by atoms with Crippen LogP contribution in [0.25, 0.3) is 5.69 Å². The Hall–Kier alpha value is -3.17. The lowest BCUT2D eigenvalue weighted by molar-refractivity contribution is -0.140. The van der Waals surface area contributed by atoms with Gasteiger partial charge in [-0.1, -0.05) is 12.8 Å². The Morgan fingerprint density at radius 1 is 1.21 bits per heavy atom. The molecule has 2 atom stereocenters. The Labute approximate surface area is 166 Å². The standard InChI is InChI=1S/C19H21FN6O3/c1-11-22-23-24-26(11)12-6-7-15(20)16(10-12)21-17(27)8-9-25-18(28)13-4-2-3-5-14(13)19(25)29/h6-7,10,13-14H,2-5,8-9H2,1H3,(H,21,27). The van der Waals surface area contributed by atoms with Crippen LogP contribution in [0.4, 0.5) is 10.1 Å². The van der Waals surface area contributed by atoms with Gasteiger partial charge in [0.1, 0.15) is 5.82 Å². The summed E-state index contributed by atoms with van der Waals surface area (Å²) in [4.78, 5) is 38.5. The second-order valence-electron chi connectivity index (χ2n) is 7.43. The number of rotatable bonds is 5. The van der Waals surface area contributed by atoms with Gasteiger partial charge in [0, 0.05) is 13.0 Å². The van der Waals surface area contributed by atoms with Gasteiger partial charge in [-0.25, -0.2) is 4.39 Å². The number of carbonyl (C=O) groups excluding carboxylic acids is 3. The number of nitrogens with one attached hydrogen (secondary N) is 1. The molecule has 0 radical (unpaired) electrons. The van der Waals surface area contributed by atoms with Crippen molar-refractivity contribution in [2.45, 2.75) is 39.0 Å². The van der Waals surface area contributed by atoms with E-state index < -0.39 is 11.7 Å². The van der Waals surface area contributed by atoms with Crippen molar-refractivity contribution >= 4 is 23.4 Å². The van der Waals surface area contributed by atoms with E-state index in [4.69, 9.17) is 0 Å². The number of aryl methyl sites for hydroxylation is 1. The van der Waals surface area contributed by atoms with Crippen molar-refractivity contribution in [2.24, 2.45) is 11.8 Å². The van der Waals surface area contributed by atoms with Crippen LogP contribution in [0.3, 0.4) is 0 Å². The maximum absolute atomic E-state index is 14.1. The number of benzene rings is 1. The van der Waals surface area contributed by atoms with Crippen LogP contribution >= 0.6 is 0 Å². The highest BCUT2D eigenvalue weighted by Gasteiger charge is 2.47. The summed E-state index contributed by atoms with van der Waals surface area (Å²) in [6.07, 6.45) is 3.26. The zero-order valence-corrected chi connectivity index (χ0v) is 16.0. The highest BCUT2D eigenvalue weighted by Crippen LogP contribution is 2.38. The van der Waals surface area contributed by atoms with Gasteiger partial charge < -0.3 is 5.32 Å². The molecule has 1 aromatic heterocycles. The lowest BCUT2D eigenvalue weighted by Crippen LogP contribution is -2.34. The summed E-state index contributed by atoms with van der Waals surface area (Å²) in [7, 11) is 0. The van der Waals surface area contributed by atoms with Crippen LogP contribution in [-0.2, 0) is 14.4 Å². The summed E-state index contributed by atoms with van der Waals surface area (Å²) in [5.74, 6) is -1.43. The largest absolute Gasteiger partial charge is 0.323 e. The molecule has 152 valence electrons. The first kappa shape index (κ1) is 19.2. The topological polar surface area (TPSA) is 110 Å². The number of nitrogens with zero attached hydrogens (tertiary/aromatic N) is 5. The van der Waals surface area contributed by atoms with Gasteiger partial charge in [0.2, 0.25) is 17.7 Å². The van der Waals surface area contributed by atoms with Crippen molar-refractivity contribution in [3.05, 3.63) is 29.8 Å². The maximum Gasteiger partial charge on any atom is 0.233 e. The van der Waals surface area contributed by atoms with E-state index in [0.29, 0.717) is 11.5 Å². The van der Waals surface area contributed by atoms with Crippen LogP contribution in [0.1, 0.15) is 37.9 Å². The molecule has 0 spiro atoms. The van der Waals surface area contributed by atoms with Crippen LogP contribution in [0.2, 0.25) is 0 Å². The maximum atomic E-state index is 14.1. The van der Waals surface area contributed by atoms with Gasteiger partial charge in [0.25, 0.3) is 0 Å². The molecule has 2 unspecified atom stereocenters. The summed E-state index contributed by atoms with van der Waals surface area (Å²) >= 11 is 0. The average molecular weight is 400 g/mol. The van der Waals surface area contributed by atoms with Crippen LogP contribution in [0.5, 0.6) is 0 Å². The molecule has 10 heteroatoms. The first-order valence-corrected chi connectivity index (χ1v) is 9.65. The Kier molecular flexibility index (Phi) is 5.08. The Bertz CT molecular complexity index is 951. The molecule has 29 heavy (non-hydrogen) atoms. The molecular weight excluding hydrogens is 379 g/mol. The van der Waals surface area contributed by atoms with E-state index in [1.165, 1.54) is 27.8 Å². The first-order valence-electron chi connectivity index (χ1n) is 9.65. The quantitative estimate of drug-likeness (QED) is 0.764. The van der Waals surface area contributed by atoms with Crippen molar-refractivity contribution < 1.29 is 18.8 Å². The molecule has 2 aromatic rings. The third-order valence-electron chi connectivity index (χ3n) is 5.59. The number of halogens is 1. The molecule has 1 N–H and O–H groups in total. The lowest BCUT2D eigenvalue weighted by atomic mass is 9.81. The number of hydrogen-bond acceptors (Lipinski definition) is 6. The van der Waals surface area contributed by atoms with Crippen LogP contribution in [0.15, 0.2) is 18.2 Å². The molecule has 2 heterocycles. The molecule has 1 saturated carbocycles. The number of fused-ring (bicyclic) bond motifs is 1. The van der Waals surface area contributed by atoms with Gasteiger partial charge in [0.05, 0.1) is 23.2 Å². The Morgan fingerprint density at radius 3 is 2.52 bits per heavy atom. The minimum Gasteiger partial charge on any atom is -0.323 e. The molecule has 9 nitrogen and oxygen atoms in total. The number of carbonyl (C=O) groups is 3. The van der Waals surface area contributed by atoms with E-state index in [1.807, 2.05) is 0 Å². The number of aromatic nitrogens is 4. The normalized spacial score (nSPS) is 21.4. The molecule has 2 aliphatic rings. The molecule has 0 bridgehead atoms. The van der Waals surface area contributed by atoms with Crippen molar-refractivity contribution in [3.63, 3.8) is 0 Å². The van der Waals surface area contributed by atoms with E-state index in [-0.39, 0.29) is 42.3 Å². The lowest BCUT2D eigenvalue weighted by Gasteiger charge is -2.19. The number of anilines is 1. The monoisotopic (exact) mass is 400 g/mol. The molecule has 4 rings (SSSR count). The zero-order valence-electron chi connectivity index (χ0n) is 16.0. The zero-order chi connectivity index (χ0) is 20.5. The minimum atomic E-state index is -0.604. The molecule has 2 fully saturated rings. The summed E-state index contributed by atoms with van der Waals surface area (Å²) in [5.41, 5.74) is 0.480. The van der Waals surface area contributed by atoms with Crippen LogP contribution in [0, 0.1) is 24.6 Å². The third kappa shape index (κ3) is 3.62. The highest BCUT2D eigenvalue weighted by atomic mass is 19.1. The summed E-state index contributed by atoms with van der Waals surface area (Å²) < 4.78 is 15.6. The average Bonchev–Trinajstić information content (AvgIpc) is 3.24. The second-order valence-corrected chi connectivity index (χ2v) is 7.43. The summed E-state index contributed by atoms with van der Waals surface area (Å²) in [6.45, 7) is 1.70. The number of amides is 3. The van der Waals surface area contributed by atoms with Gasteiger partial charge in [-0.3, -0.25) is 19.3 Å². The van der Waals surface area contributed by atoms with Gasteiger partial charge in [-0.2, -0.15) is 4.68 Å². The van der Waals surface area contributed by atoms with E-state index >= 15 is 0 Å². The minimum absolute atomic E-state index is 0.00388. The molecule has 1 aliphatic carbocycles. The predicted molar refractivity (Wildman–Crippen MR) is 99.3 cm³/mol. The summed E-state index contributed by atoms with van der Waals surface area (Å²) in [5, 5.41) is 13.6. The number of likely N-dealkylation sites (tertiary alicyclic amines) is 1. The smallest absolute Gasteiger partial charge is 0.233 e. The fourth-order valence-electron chi connectivity index (χ4n) is 4.09. The van der Waals surface area contributed by atoms with Crippen LogP contribution in [-0.4, -0.2) is 49.4 Å². The van der Waals surface area contributed by atoms with E-state index in [1.54, 1.807) is 6.92 Å². The summed E-state index contributed by atoms with van der Waals surface area (Å²) in [6, 6.07) is 4.14. The predicted octanol–water partition coefficient (Wildman–Crippen LogP) is 1.61. The number of imide groups is 1. The Balaban J connectivity index is 1.41. The van der Waals surface area contributed by atoms with Gasteiger partial charge >= 0.3 is 0 Å². The van der Waals surface area contributed by atoms with E-state index in [9.17, 15) is 18.8 Å². The molecule has 1 saturated heterocycles. The van der Waals surface area contributed by atoms with Crippen LogP contribution < -0.4 is 5.32 Å². The third-order valence-corrected chi connectivity index (χ3v) is 5.59. The van der Waals surface area contributed by atoms with Crippen molar-refractivity contribution in [1.82, 2.24) is 25.1 Å². The first-order chi connectivity index (χ1) is 14.0. The van der Waals surface area contributed by atoms with Crippen molar-refractivity contribution in [1.29, 1.82) is 0 Å². The molecular formula is C19H21FN6O3. The van der Waals surface area contributed by atoms with Crippen molar-refractivity contribution in [2.75, 3.05) is 11.9 Å². The van der Waals surface area contributed by atoms with Gasteiger partial charge in [-0.15, -0.1) is 5.10 Å². The Morgan fingerprint density at radius 2 is 1.90 bits per heavy atom. The number of tetrazole rings is 1. The fourth-order valence-corrected chi connectivity index (χ4v) is 4.09. The molecule has 3 amide bonds. The van der Waals surface area contributed by atoms with Crippen molar-refractivity contribution in [3.8, 4) is 5.69 Å². The van der Waals surface area contributed by atoms with Gasteiger partial charge in [0.15, 0.2) is 5.82 Å². The van der Waals surface area contributed by atoms with E-state index in [2.05, 4.69) is 20.8 Å². The highest BCUT2D eigenvalue weighted by molar-refractivity contribution is 6.05. The van der Waals surface area contributed by atoms with Gasteiger partial charge in [-0.05, 0) is 48.4 Å². The molecule has 1 aliphatic heterocycles. The van der Waals surface area contributed by atoms with E-state index in [0.717, 1.165) is 25.7 Å². The number of hydrogen-bond donors (Lipinski definition) is 1. The SMILES string of the molecule is Cc1nnnn1-c1ccc(F)c(NC(=O)CCN2C(=O)C3CCCCC3C2=O)c1.